The molecule has 0 radical (unpaired) electrons. The molecule has 0 unspecified atom stereocenters. The number of aromatic nitrogens is 3. The highest BCUT2D eigenvalue weighted by Crippen LogP contribution is 2.20. The Morgan fingerprint density at radius 2 is 2.24 bits per heavy atom. The van der Waals surface area contributed by atoms with E-state index in [1.165, 1.54) is 0 Å². The summed E-state index contributed by atoms with van der Waals surface area (Å²) >= 11 is 5.39. The van der Waals surface area contributed by atoms with Gasteiger partial charge in [0.05, 0.1) is 6.26 Å². The van der Waals surface area contributed by atoms with Crippen LogP contribution in [0.5, 0.6) is 0 Å². The highest BCUT2D eigenvalue weighted by molar-refractivity contribution is 7.71. The van der Waals surface area contributed by atoms with Crippen LogP contribution in [0.1, 0.15) is 11.3 Å². The van der Waals surface area contributed by atoms with Gasteiger partial charge in [-0.1, -0.05) is 12.2 Å². The highest BCUT2D eigenvalue weighted by atomic mass is 32.1. The highest BCUT2D eigenvalue weighted by Gasteiger charge is 2.09. The van der Waals surface area contributed by atoms with Crippen LogP contribution >= 0.6 is 12.2 Å². The first-order valence-corrected chi connectivity index (χ1v) is 5.70. The fraction of sp³-hybridized carbons (Fsp3) is 0.167. The monoisotopic (exact) mass is 245 g/mol. The third-order valence-electron chi connectivity index (χ3n) is 2.87. The third-order valence-corrected chi connectivity index (χ3v) is 3.36. The number of hydrogen-bond acceptors (Lipinski definition) is 3. The van der Waals surface area contributed by atoms with Crippen molar-refractivity contribution in [2.45, 2.75) is 13.8 Å². The quantitative estimate of drug-likeness (QED) is 0.669. The molecule has 0 aliphatic heterocycles. The van der Waals surface area contributed by atoms with Gasteiger partial charge in [0.25, 0.3) is 0 Å². The molecule has 0 atom stereocenters. The van der Waals surface area contributed by atoms with E-state index in [0.717, 1.165) is 33.0 Å². The van der Waals surface area contributed by atoms with Crippen LogP contribution in [0, 0.1) is 18.5 Å². The van der Waals surface area contributed by atoms with E-state index >= 15 is 0 Å². The molecular formula is C12H11N3OS. The normalized spacial score (nSPS) is 11.2. The predicted molar refractivity (Wildman–Crippen MR) is 67.6 cm³/mol. The summed E-state index contributed by atoms with van der Waals surface area (Å²) < 4.78 is 7.90. The second kappa shape index (κ2) is 3.56. The second-order valence-electron chi connectivity index (χ2n) is 3.97. The number of furan rings is 1. The maximum Gasteiger partial charge on any atom is 0.155 e. The molecule has 3 rings (SSSR count). The van der Waals surface area contributed by atoms with Crippen molar-refractivity contribution in [2.75, 3.05) is 0 Å². The molecule has 5 heteroatoms. The molecular weight excluding hydrogens is 234 g/mol. The van der Waals surface area contributed by atoms with E-state index in [9.17, 15) is 0 Å². The number of aromatic amines is 1. The molecule has 0 aliphatic rings. The van der Waals surface area contributed by atoms with Gasteiger partial charge in [-0.2, -0.15) is 0 Å². The zero-order valence-corrected chi connectivity index (χ0v) is 10.3. The van der Waals surface area contributed by atoms with Crippen LogP contribution < -0.4 is 0 Å². The van der Waals surface area contributed by atoms with E-state index in [2.05, 4.69) is 10.1 Å². The summed E-state index contributed by atoms with van der Waals surface area (Å²) in [6.45, 7) is 3.94. The Kier molecular flexibility index (Phi) is 2.16. The Balaban J connectivity index is 2.34. The van der Waals surface area contributed by atoms with Crippen LogP contribution in [0.15, 0.2) is 28.9 Å². The fourth-order valence-electron chi connectivity index (χ4n) is 1.78. The maximum atomic E-state index is 5.39. The standard InChI is InChI=1S/C12H11N3OS/c1-7-8(2)13-11-6-9(10-4-3-5-16-10)14-15(11)12(7)17/h3-6,14H,1-2H3. The van der Waals surface area contributed by atoms with Gasteiger partial charge in [-0.3, -0.25) is 5.10 Å². The first-order chi connectivity index (χ1) is 8.16. The lowest BCUT2D eigenvalue weighted by atomic mass is 10.3. The average Bonchev–Trinajstić information content (AvgIpc) is 2.93. The minimum Gasteiger partial charge on any atom is -0.463 e. The van der Waals surface area contributed by atoms with Gasteiger partial charge in [-0.15, -0.1) is 0 Å². The van der Waals surface area contributed by atoms with Gasteiger partial charge in [0.2, 0.25) is 0 Å². The number of nitrogens with one attached hydrogen (secondary N) is 1. The van der Waals surface area contributed by atoms with E-state index in [0.29, 0.717) is 0 Å². The van der Waals surface area contributed by atoms with Crippen LogP contribution in [-0.4, -0.2) is 14.6 Å². The molecule has 0 aliphatic carbocycles. The van der Waals surface area contributed by atoms with Gasteiger partial charge in [0.15, 0.2) is 11.4 Å². The molecule has 0 fully saturated rings. The SMILES string of the molecule is Cc1nc2cc(-c3ccco3)[nH]n2c(=S)c1C. The minimum absolute atomic E-state index is 0.755. The lowest BCUT2D eigenvalue weighted by Crippen LogP contribution is -1.98. The van der Waals surface area contributed by atoms with Gasteiger partial charge < -0.3 is 4.42 Å². The molecule has 4 nitrogen and oxygen atoms in total. The van der Waals surface area contributed by atoms with Gasteiger partial charge in [0, 0.05) is 17.3 Å². The Bertz CT molecular complexity index is 737. The molecule has 3 aromatic heterocycles. The number of aryl methyl sites for hydroxylation is 1. The lowest BCUT2D eigenvalue weighted by molar-refractivity contribution is 0.579. The summed E-state index contributed by atoms with van der Waals surface area (Å²) in [5, 5.41) is 3.19. The molecule has 0 bridgehead atoms. The number of H-pyrrole nitrogens is 1. The molecule has 17 heavy (non-hydrogen) atoms. The van der Waals surface area contributed by atoms with Gasteiger partial charge in [-0.25, -0.2) is 9.50 Å². The van der Waals surface area contributed by atoms with Crippen LogP contribution in [0.25, 0.3) is 17.1 Å². The smallest absolute Gasteiger partial charge is 0.155 e. The summed E-state index contributed by atoms with van der Waals surface area (Å²) in [6, 6.07) is 5.68. The van der Waals surface area contributed by atoms with Gasteiger partial charge in [0.1, 0.15) is 10.3 Å². The summed E-state index contributed by atoms with van der Waals surface area (Å²) in [7, 11) is 0. The van der Waals surface area contributed by atoms with E-state index < -0.39 is 0 Å². The first-order valence-electron chi connectivity index (χ1n) is 5.29. The Morgan fingerprint density at radius 1 is 1.41 bits per heavy atom. The summed E-state index contributed by atoms with van der Waals surface area (Å²) in [6.07, 6.45) is 1.64. The topological polar surface area (TPSA) is 46.2 Å². The van der Waals surface area contributed by atoms with Crippen molar-refractivity contribution >= 4 is 17.9 Å². The number of fused-ring (bicyclic) bond motifs is 1. The molecule has 3 heterocycles. The number of rotatable bonds is 1. The Labute approximate surface area is 103 Å². The van der Waals surface area contributed by atoms with Crippen molar-refractivity contribution in [1.82, 2.24) is 14.6 Å². The number of hydrogen-bond donors (Lipinski definition) is 1. The molecule has 0 amide bonds. The number of nitrogens with zero attached hydrogens (tertiary/aromatic N) is 2. The van der Waals surface area contributed by atoms with Crippen molar-refractivity contribution < 1.29 is 4.42 Å². The molecule has 0 aromatic carbocycles. The molecule has 0 spiro atoms. The zero-order valence-electron chi connectivity index (χ0n) is 9.52. The maximum absolute atomic E-state index is 5.39. The van der Waals surface area contributed by atoms with Crippen molar-refractivity contribution in [3.8, 4) is 11.5 Å². The van der Waals surface area contributed by atoms with E-state index in [4.69, 9.17) is 16.6 Å². The van der Waals surface area contributed by atoms with E-state index in [1.54, 1.807) is 10.8 Å². The minimum atomic E-state index is 0.755. The van der Waals surface area contributed by atoms with Crippen LogP contribution in [0.2, 0.25) is 0 Å². The largest absolute Gasteiger partial charge is 0.463 e. The second-order valence-corrected chi connectivity index (χ2v) is 4.35. The van der Waals surface area contributed by atoms with Crippen LogP contribution in [0.3, 0.4) is 0 Å². The zero-order chi connectivity index (χ0) is 12.0. The van der Waals surface area contributed by atoms with Crippen molar-refractivity contribution in [3.05, 3.63) is 40.4 Å². The third kappa shape index (κ3) is 1.51. The fourth-order valence-corrected chi connectivity index (χ4v) is 2.06. The Morgan fingerprint density at radius 3 is 2.94 bits per heavy atom. The summed E-state index contributed by atoms with van der Waals surface area (Å²) in [5.41, 5.74) is 3.66. The van der Waals surface area contributed by atoms with Crippen LogP contribution in [0.4, 0.5) is 0 Å². The lowest BCUT2D eigenvalue weighted by Gasteiger charge is -2.00. The summed E-state index contributed by atoms with van der Waals surface area (Å²) in [5.74, 6) is 0.778. The van der Waals surface area contributed by atoms with Crippen molar-refractivity contribution in [2.24, 2.45) is 0 Å². The van der Waals surface area contributed by atoms with E-state index in [-0.39, 0.29) is 0 Å². The van der Waals surface area contributed by atoms with E-state index in [1.807, 2.05) is 32.0 Å². The molecule has 86 valence electrons. The molecule has 0 saturated heterocycles. The van der Waals surface area contributed by atoms with Gasteiger partial charge in [-0.05, 0) is 26.0 Å². The molecule has 1 N–H and O–H groups in total. The van der Waals surface area contributed by atoms with Crippen molar-refractivity contribution in [3.63, 3.8) is 0 Å². The Hall–Kier alpha value is -1.88. The average molecular weight is 245 g/mol. The molecule has 0 saturated carbocycles. The van der Waals surface area contributed by atoms with Gasteiger partial charge >= 0.3 is 0 Å². The van der Waals surface area contributed by atoms with Crippen molar-refractivity contribution in [1.29, 1.82) is 0 Å². The summed E-state index contributed by atoms with van der Waals surface area (Å²) in [4.78, 5) is 4.49. The predicted octanol–water partition coefficient (Wildman–Crippen LogP) is 3.27. The van der Waals surface area contributed by atoms with Crippen LogP contribution in [-0.2, 0) is 0 Å². The first kappa shape index (κ1) is 10.3. The molecule has 3 aromatic rings.